The van der Waals surface area contributed by atoms with Gasteiger partial charge in [-0.2, -0.15) is 52.3 Å². The summed E-state index contributed by atoms with van der Waals surface area (Å²) in [7, 11) is -3.38. The standard InChI is InChI=1S/C9H9NO2S.C6H9ClOS.C6H9NS.C6H10O2S.C5H8OS.Na.H2O/c1-8-3-5-9(6-4-8)13(11,12)7-10-2;7-6(8)5-1-3-9-4-2-5;7-5-6-1-3-8-4-2-6;7-6(8)5-1-3-9-4-2-5;6-5-1-3-7-4-2-5;;/h3-6H,7H2,1H3;5H,1-4H2;6H,1-4H2;5H,1-4H2,(H,7,8);1-4H2;;1H2/q;;;;;+1;/p-1. The van der Waals surface area contributed by atoms with Gasteiger partial charge in [-0.05, 0) is 104 Å². The zero-order chi connectivity index (χ0) is 34.2. The number of Topliss-reactive ketones (excluding diaryl/α,β-unsaturated/α-hetero) is 1. The first-order valence-electron chi connectivity index (χ1n) is 15.3. The molecule has 0 radical (unpaired) electrons. The van der Waals surface area contributed by atoms with Gasteiger partial charge < -0.3 is 10.6 Å². The minimum atomic E-state index is -3.38. The molecule has 4 heterocycles. The number of carbonyl (C=O) groups is 3. The summed E-state index contributed by atoms with van der Waals surface area (Å²) in [5.41, 5.74) is 1.00. The van der Waals surface area contributed by atoms with Crippen molar-refractivity contribution in [2.75, 3.05) is 51.9 Å². The average Bonchev–Trinajstić information content (AvgIpc) is 3.08. The van der Waals surface area contributed by atoms with Crippen LogP contribution in [0.15, 0.2) is 29.2 Å². The van der Waals surface area contributed by atoms with E-state index < -0.39 is 21.7 Å². The zero-order valence-corrected chi connectivity index (χ0v) is 34.6. The minimum absolute atomic E-state index is 0. The van der Waals surface area contributed by atoms with Crippen LogP contribution in [0, 0.1) is 42.6 Å². The molecule has 0 amide bonds. The topological polar surface area (TPSA) is 164 Å². The number of halogens is 1. The third-order valence-corrected chi connectivity index (χ3v) is 13.1. The van der Waals surface area contributed by atoms with Crippen LogP contribution in [0.5, 0.6) is 0 Å². The smallest absolute Gasteiger partial charge is 0.870 e. The fraction of sp³-hybridized carbons (Fsp3) is 0.656. The maximum atomic E-state index is 11.3. The summed E-state index contributed by atoms with van der Waals surface area (Å²) >= 11 is 12.9. The van der Waals surface area contributed by atoms with E-state index in [1.54, 1.807) is 12.1 Å². The molecule has 5 rings (SSSR count). The van der Waals surface area contributed by atoms with Gasteiger partial charge in [-0.15, -0.1) is 0 Å². The fourth-order valence-corrected chi connectivity index (χ4v) is 9.56. The van der Waals surface area contributed by atoms with Gasteiger partial charge in [0.05, 0.1) is 16.9 Å². The quantitative estimate of drug-likeness (QED) is 0.262. The molecular weight excluding hydrogens is 743 g/mol. The van der Waals surface area contributed by atoms with Gasteiger partial charge in [0.25, 0.3) is 9.84 Å². The number of nitrogens with zero attached hydrogens (tertiary/aromatic N) is 2. The number of thioether (sulfide) groups is 4. The number of aryl methyl sites for hydroxylation is 1. The van der Waals surface area contributed by atoms with Crippen molar-refractivity contribution in [3.05, 3.63) is 41.2 Å². The first-order chi connectivity index (χ1) is 22.0. The maximum absolute atomic E-state index is 11.3. The number of nitriles is 1. The first-order valence-corrected chi connectivity index (χ1v) is 21.9. The Kier molecular flexibility index (Phi) is 31.3. The van der Waals surface area contributed by atoms with Gasteiger partial charge in [0.2, 0.25) is 5.24 Å². The van der Waals surface area contributed by atoms with E-state index in [4.69, 9.17) is 28.5 Å². The summed E-state index contributed by atoms with van der Waals surface area (Å²) in [6, 6.07) is 8.78. The molecule has 0 saturated carbocycles. The van der Waals surface area contributed by atoms with Gasteiger partial charge in [0.15, 0.2) is 0 Å². The molecule has 264 valence electrons. The monoisotopic (exact) mass is 788 g/mol. The van der Waals surface area contributed by atoms with Crippen molar-refractivity contribution in [3.63, 3.8) is 0 Å². The molecule has 2 N–H and O–H groups in total. The molecule has 1 aromatic carbocycles. The second-order valence-electron chi connectivity index (χ2n) is 10.8. The van der Waals surface area contributed by atoms with Gasteiger partial charge in [-0.1, -0.05) is 17.7 Å². The molecule has 16 heteroatoms. The van der Waals surface area contributed by atoms with Gasteiger partial charge >= 0.3 is 41.4 Å². The largest absolute Gasteiger partial charge is 1.00 e. The number of hydrogen-bond donors (Lipinski definition) is 1. The Labute approximate surface area is 331 Å². The predicted molar refractivity (Wildman–Crippen MR) is 198 cm³/mol. The normalized spacial score (nSPS) is 18.1. The molecule has 9 nitrogen and oxygen atoms in total. The minimum Gasteiger partial charge on any atom is -0.870 e. The molecule has 0 unspecified atom stereocenters. The Morgan fingerprint density at radius 3 is 1.58 bits per heavy atom. The van der Waals surface area contributed by atoms with Crippen LogP contribution in [0.25, 0.3) is 4.85 Å². The SMILES string of the molecule is N#CC1CCSCC1.O=C(Cl)C1CCSCC1.O=C(O)C1CCSCC1.O=C1CCSCC1.[C-]#[N+]CS(=O)(=O)c1ccc(C)cc1.[Na+].[OH-]. The Morgan fingerprint density at radius 2 is 1.29 bits per heavy atom. The predicted octanol–water partition coefficient (Wildman–Crippen LogP) is 4.32. The van der Waals surface area contributed by atoms with Crippen LogP contribution in [0.2, 0.25) is 0 Å². The van der Waals surface area contributed by atoms with Crippen LogP contribution < -0.4 is 29.6 Å². The molecule has 0 aliphatic carbocycles. The second-order valence-corrected chi connectivity index (χ2v) is 18.0. The number of benzene rings is 1. The number of carboxylic acids is 1. The summed E-state index contributed by atoms with van der Waals surface area (Å²) in [5.74, 6) is 8.58. The fourth-order valence-electron chi connectivity index (χ4n) is 4.20. The summed E-state index contributed by atoms with van der Waals surface area (Å²) in [6.45, 7) is 8.38. The number of carbonyl (C=O) groups excluding carboxylic acids is 2. The molecule has 4 saturated heterocycles. The Morgan fingerprint density at radius 1 is 0.875 bits per heavy atom. The summed E-state index contributed by atoms with van der Waals surface area (Å²) in [4.78, 5) is 34.4. The number of ketones is 1. The number of aliphatic carboxylic acids is 1. The van der Waals surface area contributed by atoms with Crippen molar-refractivity contribution in [1.82, 2.24) is 0 Å². The van der Waals surface area contributed by atoms with E-state index in [0.29, 0.717) is 11.7 Å². The van der Waals surface area contributed by atoms with E-state index >= 15 is 0 Å². The maximum Gasteiger partial charge on any atom is 1.00 e. The third-order valence-electron chi connectivity index (χ3n) is 7.18. The van der Waals surface area contributed by atoms with Crippen molar-refractivity contribution in [3.8, 4) is 6.07 Å². The summed E-state index contributed by atoms with van der Waals surface area (Å²) in [6.07, 6.45) is 7.53. The van der Waals surface area contributed by atoms with Crippen molar-refractivity contribution >= 4 is 85.5 Å². The van der Waals surface area contributed by atoms with Gasteiger partial charge in [-0.25, -0.2) is 15.0 Å². The molecule has 0 bridgehead atoms. The van der Waals surface area contributed by atoms with Gasteiger partial charge in [0, 0.05) is 36.2 Å². The van der Waals surface area contributed by atoms with Crippen LogP contribution >= 0.6 is 58.6 Å². The van der Waals surface area contributed by atoms with E-state index in [9.17, 15) is 22.8 Å². The third kappa shape index (κ3) is 23.9. The van der Waals surface area contributed by atoms with Crippen LogP contribution in [0.4, 0.5) is 0 Å². The van der Waals surface area contributed by atoms with Crippen molar-refractivity contribution in [1.29, 1.82) is 5.26 Å². The average molecular weight is 790 g/mol. The number of sulfone groups is 1. The van der Waals surface area contributed by atoms with Gasteiger partial charge in [-0.3, -0.25) is 19.2 Å². The van der Waals surface area contributed by atoms with Crippen LogP contribution in [0.3, 0.4) is 0 Å². The Bertz CT molecular complexity index is 1210. The number of carboxylic acid groups (broad SMARTS) is 1. The Balaban J connectivity index is 0. The zero-order valence-electron chi connectivity index (χ0n) is 27.8. The Hall–Kier alpha value is -0.390. The van der Waals surface area contributed by atoms with E-state index in [-0.39, 0.29) is 57.0 Å². The van der Waals surface area contributed by atoms with Gasteiger partial charge in [0.1, 0.15) is 5.78 Å². The van der Waals surface area contributed by atoms with Crippen LogP contribution in [0.1, 0.15) is 56.9 Å². The second kappa shape index (κ2) is 30.3. The molecule has 48 heavy (non-hydrogen) atoms. The molecule has 0 aromatic heterocycles. The van der Waals surface area contributed by atoms with Crippen molar-refractivity contribution in [2.45, 2.75) is 63.2 Å². The van der Waals surface area contributed by atoms with E-state index in [1.807, 2.05) is 54.0 Å². The molecule has 4 aliphatic rings. The van der Waals surface area contributed by atoms with E-state index in [1.165, 1.54) is 23.6 Å². The molecule has 1 aromatic rings. The number of hydrogen-bond acceptors (Lipinski definition) is 11. The van der Waals surface area contributed by atoms with Crippen molar-refractivity contribution < 1.29 is 62.9 Å². The first kappa shape index (κ1) is 49.7. The van der Waals surface area contributed by atoms with E-state index in [0.717, 1.165) is 91.4 Å². The molecule has 4 fully saturated rings. The molecular formula is C32H46ClN2NaO7S5. The molecule has 0 spiro atoms. The van der Waals surface area contributed by atoms with E-state index in [2.05, 4.69) is 10.9 Å². The molecule has 4 aliphatic heterocycles. The summed E-state index contributed by atoms with van der Waals surface area (Å²) < 4.78 is 22.7. The summed E-state index contributed by atoms with van der Waals surface area (Å²) in [5, 5.41) is 16.8. The van der Waals surface area contributed by atoms with Crippen LogP contribution in [-0.4, -0.2) is 87.9 Å². The van der Waals surface area contributed by atoms with Crippen LogP contribution in [-0.2, 0) is 24.2 Å². The number of rotatable bonds is 4. The van der Waals surface area contributed by atoms with Crippen molar-refractivity contribution in [2.24, 2.45) is 17.8 Å². The molecule has 0 atom stereocenters.